The van der Waals surface area contributed by atoms with Crippen LogP contribution in [0, 0.1) is 0 Å². The Balaban J connectivity index is 2.27. The third kappa shape index (κ3) is 2.08. The van der Waals surface area contributed by atoms with Gasteiger partial charge in [0.05, 0.1) is 6.20 Å². The van der Waals surface area contributed by atoms with Crippen molar-refractivity contribution in [3.05, 3.63) is 36.5 Å². The predicted molar refractivity (Wildman–Crippen MR) is 65.5 cm³/mol. The number of oxazole rings is 1. The van der Waals surface area contributed by atoms with Gasteiger partial charge in [0.1, 0.15) is 0 Å². The summed E-state index contributed by atoms with van der Waals surface area (Å²) in [5, 5.41) is 0. The summed E-state index contributed by atoms with van der Waals surface area (Å²) < 4.78 is 5.71. The summed E-state index contributed by atoms with van der Waals surface area (Å²) in [5.74, 6) is 0.808. The van der Waals surface area contributed by atoms with Crippen LogP contribution in [0.3, 0.4) is 0 Å². The van der Waals surface area contributed by atoms with Gasteiger partial charge in [-0.05, 0) is 13.8 Å². The first-order valence-electron chi connectivity index (χ1n) is 5.42. The zero-order chi connectivity index (χ0) is 11.5. The van der Waals surface area contributed by atoms with Crippen molar-refractivity contribution in [1.29, 1.82) is 0 Å². The molecule has 1 aromatic carbocycles. The van der Waals surface area contributed by atoms with Gasteiger partial charge in [-0.15, -0.1) is 0 Å². The topological polar surface area (TPSA) is 29.3 Å². The number of hydrogen-bond donors (Lipinski definition) is 0. The van der Waals surface area contributed by atoms with E-state index in [1.165, 1.54) is 0 Å². The van der Waals surface area contributed by atoms with Crippen molar-refractivity contribution >= 4 is 6.01 Å². The van der Waals surface area contributed by atoms with Crippen LogP contribution in [0.25, 0.3) is 11.3 Å². The van der Waals surface area contributed by atoms with Gasteiger partial charge in [-0.2, -0.15) is 0 Å². The van der Waals surface area contributed by atoms with Crippen LogP contribution in [-0.4, -0.2) is 18.1 Å². The average Bonchev–Trinajstić information content (AvgIpc) is 2.78. The van der Waals surface area contributed by atoms with E-state index in [0.717, 1.165) is 11.3 Å². The Labute approximate surface area is 95.7 Å². The number of benzene rings is 1. The fraction of sp³-hybridized carbons (Fsp3) is 0.308. The van der Waals surface area contributed by atoms with Crippen molar-refractivity contribution < 1.29 is 4.42 Å². The summed E-state index contributed by atoms with van der Waals surface area (Å²) >= 11 is 0. The van der Waals surface area contributed by atoms with Gasteiger partial charge >= 0.3 is 0 Å². The molecule has 0 aliphatic carbocycles. The van der Waals surface area contributed by atoms with Crippen molar-refractivity contribution in [2.75, 3.05) is 11.9 Å². The molecule has 0 N–H and O–H groups in total. The summed E-state index contributed by atoms with van der Waals surface area (Å²) in [4.78, 5) is 6.28. The van der Waals surface area contributed by atoms with Gasteiger partial charge in [-0.3, -0.25) is 0 Å². The zero-order valence-corrected chi connectivity index (χ0v) is 9.84. The minimum atomic E-state index is 0.377. The molecule has 0 bridgehead atoms. The van der Waals surface area contributed by atoms with Crippen molar-refractivity contribution in [2.45, 2.75) is 19.9 Å². The Morgan fingerprint density at radius 1 is 1.19 bits per heavy atom. The van der Waals surface area contributed by atoms with E-state index in [-0.39, 0.29) is 0 Å². The number of rotatable bonds is 3. The molecule has 84 valence electrons. The molecule has 0 spiro atoms. The van der Waals surface area contributed by atoms with Crippen molar-refractivity contribution in [3.63, 3.8) is 0 Å². The third-order valence-corrected chi connectivity index (χ3v) is 2.63. The number of nitrogens with zero attached hydrogens (tertiary/aromatic N) is 2. The molecule has 0 unspecified atom stereocenters. The van der Waals surface area contributed by atoms with Gasteiger partial charge in [0.2, 0.25) is 0 Å². The average molecular weight is 216 g/mol. The minimum Gasteiger partial charge on any atom is -0.423 e. The van der Waals surface area contributed by atoms with E-state index in [4.69, 9.17) is 4.42 Å². The summed E-state index contributed by atoms with van der Waals surface area (Å²) in [6, 6.07) is 11.0. The van der Waals surface area contributed by atoms with Gasteiger partial charge in [-0.25, -0.2) is 4.98 Å². The van der Waals surface area contributed by atoms with Gasteiger partial charge in [0.15, 0.2) is 5.76 Å². The monoisotopic (exact) mass is 216 g/mol. The van der Waals surface area contributed by atoms with Gasteiger partial charge < -0.3 is 9.32 Å². The molecule has 1 aromatic heterocycles. The number of anilines is 1. The highest BCUT2D eigenvalue weighted by Gasteiger charge is 2.12. The molecule has 0 saturated carbocycles. The van der Waals surface area contributed by atoms with E-state index >= 15 is 0 Å². The summed E-state index contributed by atoms with van der Waals surface area (Å²) in [5.41, 5.74) is 1.05. The lowest BCUT2D eigenvalue weighted by atomic mass is 10.2. The molecule has 0 radical (unpaired) electrons. The maximum Gasteiger partial charge on any atom is 0.297 e. The second-order valence-corrected chi connectivity index (χ2v) is 4.08. The largest absolute Gasteiger partial charge is 0.423 e. The van der Waals surface area contributed by atoms with Crippen LogP contribution in [-0.2, 0) is 0 Å². The van der Waals surface area contributed by atoms with E-state index < -0.39 is 0 Å². The predicted octanol–water partition coefficient (Wildman–Crippen LogP) is 3.19. The Kier molecular flexibility index (Phi) is 2.95. The Morgan fingerprint density at radius 3 is 2.50 bits per heavy atom. The highest BCUT2D eigenvalue weighted by Crippen LogP contribution is 2.24. The number of aromatic nitrogens is 1. The third-order valence-electron chi connectivity index (χ3n) is 2.63. The van der Waals surface area contributed by atoms with E-state index in [1.807, 2.05) is 42.3 Å². The van der Waals surface area contributed by atoms with Crippen LogP contribution in [0.5, 0.6) is 0 Å². The molecule has 0 atom stereocenters. The van der Waals surface area contributed by atoms with Crippen LogP contribution in [0.1, 0.15) is 13.8 Å². The van der Waals surface area contributed by atoms with E-state index in [9.17, 15) is 0 Å². The fourth-order valence-corrected chi connectivity index (χ4v) is 1.38. The van der Waals surface area contributed by atoms with Crippen LogP contribution >= 0.6 is 0 Å². The van der Waals surface area contributed by atoms with Gasteiger partial charge in [0, 0.05) is 18.7 Å². The van der Waals surface area contributed by atoms with Gasteiger partial charge in [0.25, 0.3) is 6.01 Å². The molecule has 0 amide bonds. The molecular weight excluding hydrogens is 200 g/mol. The Bertz CT molecular complexity index is 448. The lowest BCUT2D eigenvalue weighted by molar-refractivity contribution is 0.540. The first kappa shape index (κ1) is 10.7. The second kappa shape index (κ2) is 4.39. The molecule has 0 aliphatic heterocycles. The zero-order valence-electron chi connectivity index (χ0n) is 9.84. The van der Waals surface area contributed by atoms with Gasteiger partial charge in [-0.1, -0.05) is 30.3 Å². The minimum absolute atomic E-state index is 0.377. The van der Waals surface area contributed by atoms with Crippen LogP contribution in [0.2, 0.25) is 0 Å². The van der Waals surface area contributed by atoms with E-state index in [0.29, 0.717) is 12.1 Å². The lowest BCUT2D eigenvalue weighted by Gasteiger charge is -2.18. The fourth-order valence-electron chi connectivity index (χ4n) is 1.38. The van der Waals surface area contributed by atoms with Crippen LogP contribution in [0.15, 0.2) is 40.9 Å². The van der Waals surface area contributed by atoms with Crippen molar-refractivity contribution in [2.24, 2.45) is 0 Å². The maximum atomic E-state index is 5.71. The molecule has 2 rings (SSSR count). The van der Waals surface area contributed by atoms with Crippen molar-refractivity contribution in [1.82, 2.24) is 4.98 Å². The molecule has 16 heavy (non-hydrogen) atoms. The molecule has 3 nitrogen and oxygen atoms in total. The molecule has 3 heteroatoms. The van der Waals surface area contributed by atoms with Crippen molar-refractivity contribution in [3.8, 4) is 11.3 Å². The summed E-state index contributed by atoms with van der Waals surface area (Å²) in [7, 11) is 1.98. The van der Waals surface area contributed by atoms with E-state index in [2.05, 4.69) is 18.8 Å². The SMILES string of the molecule is CC(C)N(C)c1ncc(-c2ccccc2)o1. The number of hydrogen-bond acceptors (Lipinski definition) is 3. The standard InChI is InChI=1S/C13H16N2O/c1-10(2)15(3)13-14-9-12(16-13)11-7-5-4-6-8-11/h4-10H,1-3H3. The molecular formula is C13H16N2O. The second-order valence-electron chi connectivity index (χ2n) is 4.08. The van der Waals surface area contributed by atoms with Crippen LogP contribution < -0.4 is 4.90 Å². The lowest BCUT2D eigenvalue weighted by Crippen LogP contribution is -2.25. The quantitative estimate of drug-likeness (QED) is 0.789. The molecule has 2 aromatic rings. The molecule has 1 heterocycles. The Hall–Kier alpha value is -1.77. The summed E-state index contributed by atoms with van der Waals surface area (Å²) in [6.07, 6.45) is 1.77. The molecule has 0 saturated heterocycles. The highest BCUT2D eigenvalue weighted by molar-refractivity contribution is 5.57. The maximum absolute atomic E-state index is 5.71. The molecule has 0 aliphatic rings. The first-order chi connectivity index (χ1) is 7.68. The van der Waals surface area contributed by atoms with E-state index in [1.54, 1.807) is 6.20 Å². The normalized spacial score (nSPS) is 10.8. The first-order valence-corrected chi connectivity index (χ1v) is 5.42. The highest BCUT2D eigenvalue weighted by atomic mass is 16.4. The van der Waals surface area contributed by atoms with Crippen LogP contribution in [0.4, 0.5) is 6.01 Å². The Morgan fingerprint density at radius 2 is 1.88 bits per heavy atom. The smallest absolute Gasteiger partial charge is 0.297 e. The molecule has 0 fully saturated rings. The summed E-state index contributed by atoms with van der Waals surface area (Å²) in [6.45, 7) is 4.21.